The zero-order valence-electron chi connectivity index (χ0n) is 10.5. The number of carbonyl (C=O) groups is 1. The summed E-state index contributed by atoms with van der Waals surface area (Å²) in [6, 6.07) is 5.48. The second kappa shape index (κ2) is 6.35. The molecule has 1 fully saturated rings. The predicted molar refractivity (Wildman–Crippen MR) is 71.0 cm³/mol. The van der Waals surface area contributed by atoms with E-state index in [1.54, 1.807) is 18.2 Å². The maximum Gasteiger partial charge on any atom is 0.270 e. The summed E-state index contributed by atoms with van der Waals surface area (Å²) in [5.41, 5.74) is 2.86. The lowest BCUT2D eigenvalue weighted by molar-refractivity contribution is 0.0928. The Kier molecular flexibility index (Phi) is 4.52. The second-order valence-electron chi connectivity index (χ2n) is 4.71. The number of nitrogens with one attached hydrogen (secondary N) is 2. The van der Waals surface area contributed by atoms with E-state index in [-0.39, 0.29) is 11.9 Å². The number of hydrazine groups is 1. The van der Waals surface area contributed by atoms with Crippen molar-refractivity contribution in [3.8, 4) is 0 Å². The molecule has 5 heteroatoms. The standard InChI is InChI=1S/C13H20N4O/c14-17-12-9-5-8-11(16-12)13(18)15-10-6-3-1-2-4-7-10/h5,8-10H,1-4,6-7,14H2,(H,15,18)(H,16,17). The van der Waals surface area contributed by atoms with Gasteiger partial charge in [-0.2, -0.15) is 0 Å². The Morgan fingerprint density at radius 1 is 1.22 bits per heavy atom. The Morgan fingerprint density at radius 2 is 1.94 bits per heavy atom. The Bertz CT molecular complexity index is 400. The number of carbonyl (C=O) groups excluding carboxylic acids is 1. The van der Waals surface area contributed by atoms with E-state index >= 15 is 0 Å². The number of aromatic nitrogens is 1. The molecule has 4 N–H and O–H groups in total. The number of amides is 1. The van der Waals surface area contributed by atoms with Crippen LogP contribution in [0.4, 0.5) is 5.82 Å². The highest BCUT2D eigenvalue weighted by Crippen LogP contribution is 2.17. The molecule has 1 saturated carbocycles. The fourth-order valence-electron chi connectivity index (χ4n) is 2.32. The molecule has 0 spiro atoms. The average Bonchev–Trinajstić information content (AvgIpc) is 2.67. The quantitative estimate of drug-likeness (QED) is 0.433. The van der Waals surface area contributed by atoms with Crippen molar-refractivity contribution in [2.24, 2.45) is 5.84 Å². The van der Waals surface area contributed by atoms with Crippen LogP contribution in [0.5, 0.6) is 0 Å². The Balaban J connectivity index is 1.97. The van der Waals surface area contributed by atoms with Crippen LogP contribution >= 0.6 is 0 Å². The third-order valence-electron chi connectivity index (χ3n) is 3.32. The van der Waals surface area contributed by atoms with Crippen LogP contribution in [-0.2, 0) is 0 Å². The van der Waals surface area contributed by atoms with Crippen molar-refractivity contribution >= 4 is 11.7 Å². The van der Waals surface area contributed by atoms with Crippen LogP contribution in [0.3, 0.4) is 0 Å². The molecule has 0 radical (unpaired) electrons. The number of pyridine rings is 1. The first-order chi connectivity index (χ1) is 8.79. The monoisotopic (exact) mass is 248 g/mol. The van der Waals surface area contributed by atoms with Crippen LogP contribution in [0.25, 0.3) is 0 Å². The smallest absolute Gasteiger partial charge is 0.270 e. The van der Waals surface area contributed by atoms with Gasteiger partial charge in [-0.25, -0.2) is 10.8 Å². The largest absolute Gasteiger partial charge is 0.348 e. The lowest BCUT2D eigenvalue weighted by atomic mass is 10.1. The highest BCUT2D eigenvalue weighted by atomic mass is 16.1. The molecule has 0 atom stereocenters. The molecule has 1 amide bonds. The van der Waals surface area contributed by atoms with Crippen LogP contribution in [0.1, 0.15) is 49.0 Å². The van der Waals surface area contributed by atoms with Gasteiger partial charge in [0.15, 0.2) is 0 Å². The third-order valence-corrected chi connectivity index (χ3v) is 3.32. The molecule has 98 valence electrons. The fraction of sp³-hybridized carbons (Fsp3) is 0.538. The molecule has 0 unspecified atom stereocenters. The van der Waals surface area contributed by atoms with Crippen molar-refractivity contribution in [2.75, 3.05) is 5.43 Å². The SMILES string of the molecule is NNc1cccc(C(=O)NC2CCCCCC2)n1. The summed E-state index contributed by atoms with van der Waals surface area (Å²) in [4.78, 5) is 16.2. The van der Waals surface area contributed by atoms with Gasteiger partial charge in [0.1, 0.15) is 11.5 Å². The second-order valence-corrected chi connectivity index (χ2v) is 4.71. The summed E-state index contributed by atoms with van der Waals surface area (Å²) in [6.45, 7) is 0. The van der Waals surface area contributed by atoms with Gasteiger partial charge < -0.3 is 10.7 Å². The van der Waals surface area contributed by atoms with Gasteiger partial charge in [-0.3, -0.25) is 4.79 Å². The number of anilines is 1. The van der Waals surface area contributed by atoms with Crippen molar-refractivity contribution in [1.82, 2.24) is 10.3 Å². The molecule has 0 aliphatic heterocycles. The molecule has 0 bridgehead atoms. The molecular weight excluding hydrogens is 228 g/mol. The first-order valence-corrected chi connectivity index (χ1v) is 6.54. The van der Waals surface area contributed by atoms with Gasteiger partial charge in [-0.05, 0) is 25.0 Å². The molecule has 1 aliphatic carbocycles. The van der Waals surface area contributed by atoms with Crippen LogP contribution in [0.2, 0.25) is 0 Å². The lowest BCUT2D eigenvalue weighted by Gasteiger charge is -2.15. The van der Waals surface area contributed by atoms with Crippen molar-refractivity contribution in [2.45, 2.75) is 44.6 Å². The van der Waals surface area contributed by atoms with Gasteiger partial charge in [0.25, 0.3) is 5.91 Å². The third kappa shape index (κ3) is 3.43. The van der Waals surface area contributed by atoms with Crippen molar-refractivity contribution in [3.63, 3.8) is 0 Å². The average molecular weight is 248 g/mol. The number of hydrogen-bond acceptors (Lipinski definition) is 4. The molecule has 1 heterocycles. The summed E-state index contributed by atoms with van der Waals surface area (Å²) >= 11 is 0. The number of nitrogens with two attached hydrogens (primary N) is 1. The van der Waals surface area contributed by atoms with Crippen LogP contribution in [0.15, 0.2) is 18.2 Å². The maximum atomic E-state index is 12.1. The van der Waals surface area contributed by atoms with Gasteiger partial charge in [0.05, 0.1) is 0 Å². The molecule has 1 aliphatic rings. The summed E-state index contributed by atoms with van der Waals surface area (Å²) in [5.74, 6) is 5.67. The topological polar surface area (TPSA) is 80.0 Å². The highest BCUT2D eigenvalue weighted by Gasteiger charge is 2.16. The van der Waals surface area contributed by atoms with E-state index in [4.69, 9.17) is 5.84 Å². The number of nitrogens with zero attached hydrogens (tertiary/aromatic N) is 1. The first-order valence-electron chi connectivity index (χ1n) is 6.54. The molecule has 1 aromatic rings. The molecule has 0 aromatic carbocycles. The number of hydrogen-bond donors (Lipinski definition) is 3. The molecule has 5 nitrogen and oxygen atoms in total. The fourth-order valence-corrected chi connectivity index (χ4v) is 2.32. The van der Waals surface area contributed by atoms with E-state index in [1.165, 1.54) is 25.7 Å². The number of nitrogen functional groups attached to an aromatic ring is 1. The summed E-state index contributed by atoms with van der Waals surface area (Å²) in [5, 5.41) is 3.06. The van der Waals surface area contributed by atoms with E-state index in [0.29, 0.717) is 11.5 Å². The normalized spacial score (nSPS) is 16.9. The lowest BCUT2D eigenvalue weighted by Crippen LogP contribution is -2.35. The number of rotatable bonds is 3. The van der Waals surface area contributed by atoms with Gasteiger partial charge >= 0.3 is 0 Å². The van der Waals surface area contributed by atoms with Gasteiger partial charge in [-0.15, -0.1) is 0 Å². The van der Waals surface area contributed by atoms with Gasteiger partial charge in [-0.1, -0.05) is 31.7 Å². The van der Waals surface area contributed by atoms with Crippen LogP contribution in [-0.4, -0.2) is 16.9 Å². The zero-order chi connectivity index (χ0) is 12.8. The Labute approximate surface area is 107 Å². The van der Waals surface area contributed by atoms with E-state index in [0.717, 1.165) is 12.8 Å². The summed E-state index contributed by atoms with van der Waals surface area (Å²) in [6.07, 6.45) is 7.08. The Morgan fingerprint density at radius 3 is 2.61 bits per heavy atom. The van der Waals surface area contributed by atoms with Crippen LogP contribution < -0.4 is 16.6 Å². The maximum absolute atomic E-state index is 12.1. The van der Waals surface area contributed by atoms with Gasteiger partial charge in [0.2, 0.25) is 0 Å². The van der Waals surface area contributed by atoms with Crippen molar-refractivity contribution in [3.05, 3.63) is 23.9 Å². The first kappa shape index (κ1) is 12.8. The Hall–Kier alpha value is -1.62. The minimum atomic E-state index is -0.112. The van der Waals surface area contributed by atoms with Crippen molar-refractivity contribution < 1.29 is 4.79 Å². The van der Waals surface area contributed by atoms with Crippen molar-refractivity contribution in [1.29, 1.82) is 0 Å². The summed E-state index contributed by atoms with van der Waals surface area (Å²) in [7, 11) is 0. The van der Waals surface area contributed by atoms with E-state index in [2.05, 4.69) is 15.7 Å². The molecule has 18 heavy (non-hydrogen) atoms. The molecule has 0 saturated heterocycles. The predicted octanol–water partition coefficient (Wildman–Crippen LogP) is 1.82. The van der Waals surface area contributed by atoms with E-state index in [1.807, 2.05) is 0 Å². The minimum Gasteiger partial charge on any atom is -0.348 e. The zero-order valence-corrected chi connectivity index (χ0v) is 10.5. The molecule has 1 aromatic heterocycles. The molecule has 2 rings (SSSR count). The van der Waals surface area contributed by atoms with Gasteiger partial charge in [0, 0.05) is 6.04 Å². The van der Waals surface area contributed by atoms with E-state index < -0.39 is 0 Å². The van der Waals surface area contributed by atoms with Crippen LogP contribution in [0, 0.1) is 0 Å². The van der Waals surface area contributed by atoms with E-state index in [9.17, 15) is 4.79 Å². The highest BCUT2D eigenvalue weighted by molar-refractivity contribution is 5.92. The molecular formula is C13H20N4O. The summed E-state index contributed by atoms with van der Waals surface area (Å²) < 4.78 is 0. The minimum absolute atomic E-state index is 0.112.